The molecule has 0 aliphatic heterocycles. The van der Waals surface area contributed by atoms with Crippen molar-refractivity contribution in [3.8, 4) is 0 Å². The molecule has 0 atom stereocenters. The van der Waals surface area contributed by atoms with Crippen molar-refractivity contribution in [1.29, 1.82) is 0 Å². The molecule has 0 aromatic heterocycles. The molecular weight excluding hydrogens is 190 g/mol. The number of anilines is 2. The molecule has 4 heteroatoms. The van der Waals surface area contributed by atoms with E-state index in [2.05, 4.69) is 0 Å². The number of para-hydroxylation sites is 1. The normalized spacial score (nSPS) is 10.0. The third-order valence-corrected chi connectivity index (χ3v) is 2.41. The lowest BCUT2D eigenvalue weighted by Gasteiger charge is -2.24. The summed E-state index contributed by atoms with van der Waals surface area (Å²) < 4.78 is 0. The van der Waals surface area contributed by atoms with Crippen LogP contribution in [0.1, 0.15) is 24.2 Å². The number of benzene rings is 1. The number of hydrogen-bond donors (Lipinski definition) is 2. The van der Waals surface area contributed by atoms with Gasteiger partial charge in [0.15, 0.2) is 0 Å². The summed E-state index contributed by atoms with van der Waals surface area (Å²) in [7, 11) is 0. The number of primary amides is 1. The monoisotopic (exact) mass is 207 g/mol. The number of nitrogens with zero attached hydrogens (tertiary/aromatic N) is 1. The van der Waals surface area contributed by atoms with Crippen LogP contribution >= 0.6 is 0 Å². The first-order chi connectivity index (χ1) is 7.11. The second-order valence-electron chi connectivity index (χ2n) is 3.28. The zero-order valence-corrected chi connectivity index (χ0v) is 9.16. The van der Waals surface area contributed by atoms with Crippen molar-refractivity contribution in [2.24, 2.45) is 5.73 Å². The third-order valence-electron chi connectivity index (χ3n) is 2.41. The number of carbonyl (C=O) groups is 1. The van der Waals surface area contributed by atoms with Gasteiger partial charge in [0.05, 0.1) is 16.9 Å². The van der Waals surface area contributed by atoms with Crippen LogP contribution in [-0.2, 0) is 0 Å². The van der Waals surface area contributed by atoms with Gasteiger partial charge in [-0.3, -0.25) is 4.79 Å². The molecule has 0 heterocycles. The van der Waals surface area contributed by atoms with Gasteiger partial charge >= 0.3 is 0 Å². The topological polar surface area (TPSA) is 72.3 Å². The van der Waals surface area contributed by atoms with E-state index in [1.165, 1.54) is 0 Å². The van der Waals surface area contributed by atoms with Crippen molar-refractivity contribution in [3.05, 3.63) is 23.8 Å². The Morgan fingerprint density at radius 2 is 1.93 bits per heavy atom. The molecule has 0 fully saturated rings. The van der Waals surface area contributed by atoms with E-state index >= 15 is 0 Å². The molecule has 0 radical (unpaired) electrons. The summed E-state index contributed by atoms with van der Waals surface area (Å²) in [4.78, 5) is 13.3. The molecule has 0 spiro atoms. The fourth-order valence-corrected chi connectivity index (χ4v) is 1.65. The van der Waals surface area contributed by atoms with E-state index in [0.717, 1.165) is 18.8 Å². The van der Waals surface area contributed by atoms with Crippen LogP contribution in [-0.4, -0.2) is 19.0 Å². The Labute approximate surface area is 89.9 Å². The average Bonchev–Trinajstić information content (AvgIpc) is 2.21. The predicted octanol–water partition coefficient (Wildman–Crippen LogP) is 1.21. The van der Waals surface area contributed by atoms with Gasteiger partial charge in [0.2, 0.25) is 0 Å². The summed E-state index contributed by atoms with van der Waals surface area (Å²) in [5.41, 5.74) is 13.0. The van der Waals surface area contributed by atoms with E-state index in [-0.39, 0.29) is 0 Å². The van der Waals surface area contributed by atoms with Gasteiger partial charge in [-0.15, -0.1) is 0 Å². The van der Waals surface area contributed by atoms with Crippen LogP contribution in [0.4, 0.5) is 11.4 Å². The minimum atomic E-state index is -0.441. The lowest BCUT2D eigenvalue weighted by molar-refractivity contribution is 0.100. The van der Waals surface area contributed by atoms with Crippen molar-refractivity contribution >= 4 is 17.3 Å². The van der Waals surface area contributed by atoms with E-state index in [9.17, 15) is 4.79 Å². The molecule has 82 valence electrons. The van der Waals surface area contributed by atoms with Gasteiger partial charge in [-0.2, -0.15) is 0 Å². The molecule has 15 heavy (non-hydrogen) atoms. The summed E-state index contributed by atoms with van der Waals surface area (Å²) >= 11 is 0. The highest BCUT2D eigenvalue weighted by molar-refractivity contribution is 6.01. The third kappa shape index (κ3) is 2.21. The number of nitrogen functional groups attached to an aromatic ring is 1. The van der Waals surface area contributed by atoms with Gasteiger partial charge in [0, 0.05) is 13.1 Å². The molecule has 1 aromatic rings. The number of carbonyl (C=O) groups excluding carboxylic acids is 1. The maximum atomic E-state index is 11.3. The van der Waals surface area contributed by atoms with Crippen molar-refractivity contribution in [1.82, 2.24) is 0 Å². The summed E-state index contributed by atoms with van der Waals surface area (Å²) in [5, 5.41) is 0. The molecule has 1 rings (SSSR count). The van der Waals surface area contributed by atoms with Crippen molar-refractivity contribution < 1.29 is 4.79 Å². The Balaban J connectivity index is 3.29. The second-order valence-corrected chi connectivity index (χ2v) is 3.28. The summed E-state index contributed by atoms with van der Waals surface area (Å²) in [6.07, 6.45) is 0. The van der Waals surface area contributed by atoms with Crippen LogP contribution in [0.15, 0.2) is 18.2 Å². The maximum absolute atomic E-state index is 11.3. The molecule has 0 bridgehead atoms. The molecule has 0 saturated heterocycles. The molecule has 0 unspecified atom stereocenters. The van der Waals surface area contributed by atoms with E-state index in [1.807, 2.05) is 18.7 Å². The maximum Gasteiger partial charge on any atom is 0.250 e. The highest BCUT2D eigenvalue weighted by Gasteiger charge is 2.14. The first-order valence-corrected chi connectivity index (χ1v) is 5.05. The molecule has 4 nitrogen and oxygen atoms in total. The highest BCUT2D eigenvalue weighted by atomic mass is 16.1. The van der Waals surface area contributed by atoms with Crippen molar-refractivity contribution in [3.63, 3.8) is 0 Å². The van der Waals surface area contributed by atoms with Crippen LogP contribution in [0.3, 0.4) is 0 Å². The summed E-state index contributed by atoms with van der Waals surface area (Å²) in [6, 6.07) is 5.22. The molecule has 4 N–H and O–H groups in total. The first kappa shape index (κ1) is 11.4. The van der Waals surface area contributed by atoms with Crippen LogP contribution in [0.25, 0.3) is 0 Å². The largest absolute Gasteiger partial charge is 0.397 e. The molecular formula is C11H17N3O. The zero-order chi connectivity index (χ0) is 11.4. The SMILES string of the molecule is CCN(CC)c1c(N)cccc1C(N)=O. The molecule has 0 aliphatic carbocycles. The number of nitrogens with two attached hydrogens (primary N) is 2. The van der Waals surface area contributed by atoms with Gasteiger partial charge < -0.3 is 16.4 Å². The van der Waals surface area contributed by atoms with Gasteiger partial charge in [-0.05, 0) is 26.0 Å². The standard InChI is InChI=1S/C11H17N3O/c1-3-14(4-2)10-8(11(13)15)6-5-7-9(10)12/h5-7H,3-4,12H2,1-2H3,(H2,13,15). The highest BCUT2D eigenvalue weighted by Crippen LogP contribution is 2.27. The van der Waals surface area contributed by atoms with Gasteiger partial charge in [-0.25, -0.2) is 0 Å². The average molecular weight is 207 g/mol. The first-order valence-electron chi connectivity index (χ1n) is 5.05. The van der Waals surface area contributed by atoms with Crippen LogP contribution < -0.4 is 16.4 Å². The Morgan fingerprint density at radius 3 is 2.40 bits per heavy atom. The lowest BCUT2D eigenvalue weighted by Crippen LogP contribution is -2.26. The van der Waals surface area contributed by atoms with Gasteiger partial charge in [-0.1, -0.05) is 6.07 Å². The van der Waals surface area contributed by atoms with Crippen LogP contribution in [0, 0.1) is 0 Å². The van der Waals surface area contributed by atoms with Crippen LogP contribution in [0.2, 0.25) is 0 Å². The fraction of sp³-hybridized carbons (Fsp3) is 0.364. The van der Waals surface area contributed by atoms with E-state index in [1.54, 1.807) is 18.2 Å². The molecule has 0 aliphatic rings. The fourth-order valence-electron chi connectivity index (χ4n) is 1.65. The molecule has 1 amide bonds. The molecule has 0 saturated carbocycles. The minimum Gasteiger partial charge on any atom is -0.397 e. The van der Waals surface area contributed by atoms with E-state index < -0.39 is 5.91 Å². The quantitative estimate of drug-likeness (QED) is 0.729. The zero-order valence-electron chi connectivity index (χ0n) is 9.16. The smallest absolute Gasteiger partial charge is 0.250 e. The van der Waals surface area contributed by atoms with E-state index in [0.29, 0.717) is 11.3 Å². The Kier molecular flexibility index (Phi) is 3.55. The molecule has 1 aromatic carbocycles. The van der Waals surface area contributed by atoms with Gasteiger partial charge in [0.1, 0.15) is 0 Å². The Morgan fingerprint density at radius 1 is 1.33 bits per heavy atom. The van der Waals surface area contributed by atoms with Crippen LogP contribution in [0.5, 0.6) is 0 Å². The van der Waals surface area contributed by atoms with Crippen molar-refractivity contribution in [2.75, 3.05) is 23.7 Å². The van der Waals surface area contributed by atoms with Gasteiger partial charge in [0.25, 0.3) is 5.91 Å². The summed E-state index contributed by atoms with van der Waals surface area (Å²) in [6.45, 7) is 5.62. The van der Waals surface area contributed by atoms with Crippen molar-refractivity contribution in [2.45, 2.75) is 13.8 Å². The number of amides is 1. The Bertz CT molecular complexity index is 359. The number of rotatable bonds is 4. The predicted molar refractivity (Wildman–Crippen MR) is 62.9 cm³/mol. The van der Waals surface area contributed by atoms with E-state index in [4.69, 9.17) is 11.5 Å². The minimum absolute atomic E-state index is 0.441. The lowest BCUT2D eigenvalue weighted by atomic mass is 10.1. The second kappa shape index (κ2) is 4.68. The summed E-state index contributed by atoms with van der Waals surface area (Å²) in [5.74, 6) is -0.441. The Hall–Kier alpha value is -1.71. The number of hydrogen-bond acceptors (Lipinski definition) is 3.